The molecular weight excluding hydrogens is 344 g/mol. The highest BCUT2D eigenvalue weighted by atomic mass is 35.5. The van der Waals surface area contributed by atoms with Crippen molar-refractivity contribution >= 4 is 28.8 Å². The van der Waals surface area contributed by atoms with Gasteiger partial charge in [-0.1, -0.05) is 37.4 Å². The summed E-state index contributed by atoms with van der Waals surface area (Å²) in [5.41, 5.74) is 2.22. The van der Waals surface area contributed by atoms with Gasteiger partial charge in [0.05, 0.1) is 5.02 Å². The minimum atomic E-state index is 0.00551. The predicted octanol–water partition coefficient (Wildman–Crippen LogP) is 5.39. The Morgan fingerprint density at radius 1 is 1.27 bits per heavy atom. The Labute approximate surface area is 161 Å². The van der Waals surface area contributed by atoms with Gasteiger partial charge >= 0.3 is 0 Å². The Morgan fingerprint density at radius 3 is 2.92 bits per heavy atom. The number of nitrogens with zero attached hydrogens (tertiary/aromatic N) is 1. The molecule has 2 unspecified atom stereocenters. The fourth-order valence-electron chi connectivity index (χ4n) is 5.30. The number of aromatic amines is 1. The molecule has 26 heavy (non-hydrogen) atoms. The van der Waals surface area contributed by atoms with Gasteiger partial charge in [0.25, 0.3) is 0 Å². The van der Waals surface area contributed by atoms with E-state index in [0.717, 1.165) is 34.9 Å². The fourth-order valence-corrected chi connectivity index (χ4v) is 5.58. The van der Waals surface area contributed by atoms with E-state index in [4.69, 9.17) is 11.6 Å². The first kappa shape index (κ1) is 18.1. The summed E-state index contributed by atoms with van der Waals surface area (Å²) in [6.07, 6.45) is 11.3. The number of benzene rings is 1. The number of likely N-dealkylation sites (tertiary alicyclic amines) is 1. The maximum atomic E-state index is 12.0. The van der Waals surface area contributed by atoms with Crippen LogP contribution in [0.4, 0.5) is 0 Å². The summed E-state index contributed by atoms with van der Waals surface area (Å²) < 4.78 is 0. The topological polar surface area (TPSA) is 36.1 Å². The van der Waals surface area contributed by atoms with E-state index in [1.54, 1.807) is 0 Å². The van der Waals surface area contributed by atoms with Crippen molar-refractivity contribution in [2.45, 2.75) is 57.4 Å². The fraction of sp³-hybridized carbons (Fsp3) is 0.591. The Kier molecular flexibility index (Phi) is 5.37. The second-order valence-electron chi connectivity index (χ2n) is 8.24. The van der Waals surface area contributed by atoms with E-state index in [0.29, 0.717) is 6.04 Å². The lowest BCUT2D eigenvalue weighted by atomic mass is 9.77. The molecule has 0 bridgehead atoms. The predicted molar refractivity (Wildman–Crippen MR) is 108 cm³/mol. The molecule has 0 radical (unpaired) electrons. The molecule has 2 fully saturated rings. The Hall–Kier alpha value is -1.32. The van der Waals surface area contributed by atoms with Gasteiger partial charge < -0.3 is 9.78 Å². The Bertz CT molecular complexity index is 769. The van der Waals surface area contributed by atoms with E-state index in [2.05, 4.69) is 16.8 Å². The van der Waals surface area contributed by atoms with Crippen molar-refractivity contribution in [3.8, 4) is 0 Å². The number of aldehydes is 1. The lowest BCUT2D eigenvalue weighted by Gasteiger charge is -2.45. The molecule has 1 saturated carbocycles. The standard InChI is InChI=1S/C22H29ClN2O/c1-15(18-12-24-20-9-4-8-19(23)22(18)20)17(14-26)13-25-11-5-7-16-6-2-3-10-21(16)25/h4,8-9,12,14-17,21,24H,2-3,5-7,10-11,13H2,1H3/t15?,16-,17?,21+/m1/s1. The number of aromatic nitrogens is 1. The number of hydrogen-bond acceptors (Lipinski definition) is 2. The molecule has 140 valence electrons. The van der Waals surface area contributed by atoms with Crippen LogP contribution in [0.25, 0.3) is 10.9 Å². The number of rotatable bonds is 5. The molecule has 1 N–H and O–H groups in total. The molecule has 0 amide bonds. The summed E-state index contributed by atoms with van der Waals surface area (Å²) >= 11 is 6.46. The quantitative estimate of drug-likeness (QED) is 0.714. The van der Waals surface area contributed by atoms with Gasteiger partial charge in [-0.15, -0.1) is 0 Å². The monoisotopic (exact) mass is 372 g/mol. The van der Waals surface area contributed by atoms with Crippen LogP contribution in [0.1, 0.15) is 56.9 Å². The van der Waals surface area contributed by atoms with E-state index in [-0.39, 0.29) is 11.8 Å². The van der Waals surface area contributed by atoms with Gasteiger partial charge in [-0.3, -0.25) is 4.90 Å². The zero-order valence-electron chi connectivity index (χ0n) is 15.6. The molecule has 4 rings (SSSR count). The van der Waals surface area contributed by atoms with Gasteiger partial charge in [-0.05, 0) is 61.8 Å². The van der Waals surface area contributed by atoms with Gasteiger partial charge in [-0.2, -0.15) is 0 Å². The van der Waals surface area contributed by atoms with Crippen LogP contribution in [0.2, 0.25) is 5.02 Å². The first-order valence-electron chi connectivity index (χ1n) is 10.1. The molecule has 0 spiro atoms. The first-order chi connectivity index (χ1) is 12.7. The molecule has 1 aliphatic carbocycles. The highest BCUT2D eigenvalue weighted by molar-refractivity contribution is 6.35. The number of fused-ring (bicyclic) bond motifs is 2. The van der Waals surface area contributed by atoms with Crippen LogP contribution in [0.3, 0.4) is 0 Å². The van der Waals surface area contributed by atoms with E-state index >= 15 is 0 Å². The Balaban J connectivity index is 1.55. The summed E-state index contributed by atoms with van der Waals surface area (Å²) in [5, 5.41) is 1.84. The van der Waals surface area contributed by atoms with Crippen LogP contribution in [0.5, 0.6) is 0 Å². The normalized spacial score (nSPS) is 26.4. The third kappa shape index (κ3) is 3.32. The van der Waals surface area contributed by atoms with Gasteiger partial charge in [0.2, 0.25) is 0 Å². The third-order valence-corrected chi connectivity index (χ3v) is 7.11. The average Bonchev–Trinajstić information content (AvgIpc) is 3.11. The van der Waals surface area contributed by atoms with Gasteiger partial charge in [0.1, 0.15) is 6.29 Å². The van der Waals surface area contributed by atoms with Crippen molar-refractivity contribution in [1.29, 1.82) is 0 Å². The molecule has 4 atom stereocenters. The van der Waals surface area contributed by atoms with Crippen molar-refractivity contribution in [2.75, 3.05) is 13.1 Å². The molecule has 1 aliphatic heterocycles. The summed E-state index contributed by atoms with van der Waals surface area (Å²) in [6.45, 7) is 4.20. The molecule has 2 heterocycles. The number of carbonyl (C=O) groups is 1. The largest absolute Gasteiger partial charge is 0.361 e. The van der Waals surface area contributed by atoms with Crippen molar-refractivity contribution in [3.63, 3.8) is 0 Å². The number of H-pyrrole nitrogens is 1. The lowest BCUT2D eigenvalue weighted by molar-refractivity contribution is -0.112. The second-order valence-corrected chi connectivity index (χ2v) is 8.65. The molecule has 1 saturated heterocycles. The van der Waals surface area contributed by atoms with Crippen LogP contribution in [-0.4, -0.2) is 35.3 Å². The van der Waals surface area contributed by atoms with E-state index in [1.807, 2.05) is 24.4 Å². The third-order valence-electron chi connectivity index (χ3n) is 6.80. The molecule has 4 heteroatoms. The maximum Gasteiger partial charge on any atom is 0.124 e. The van der Waals surface area contributed by atoms with Gasteiger partial charge in [0.15, 0.2) is 0 Å². The molecule has 2 aromatic rings. The molecular formula is C22H29ClN2O. The van der Waals surface area contributed by atoms with Crippen molar-refractivity contribution in [1.82, 2.24) is 9.88 Å². The highest BCUT2D eigenvalue weighted by Crippen LogP contribution is 2.38. The van der Waals surface area contributed by atoms with Crippen LogP contribution >= 0.6 is 11.6 Å². The lowest BCUT2D eigenvalue weighted by Crippen LogP contribution is -2.49. The number of nitrogens with one attached hydrogen (secondary N) is 1. The number of piperidine rings is 1. The minimum absolute atomic E-state index is 0.00551. The molecule has 2 aliphatic rings. The van der Waals surface area contributed by atoms with E-state index in [1.165, 1.54) is 50.4 Å². The van der Waals surface area contributed by atoms with Crippen LogP contribution in [0.15, 0.2) is 24.4 Å². The van der Waals surface area contributed by atoms with Crippen LogP contribution in [-0.2, 0) is 4.79 Å². The summed E-state index contributed by atoms with van der Waals surface area (Å²) in [7, 11) is 0. The second kappa shape index (κ2) is 7.74. The molecule has 3 nitrogen and oxygen atoms in total. The number of hydrogen-bond donors (Lipinski definition) is 1. The van der Waals surface area contributed by atoms with Crippen molar-refractivity contribution in [2.24, 2.45) is 11.8 Å². The van der Waals surface area contributed by atoms with Crippen molar-refractivity contribution in [3.05, 3.63) is 35.0 Å². The minimum Gasteiger partial charge on any atom is -0.361 e. The number of carbonyl (C=O) groups excluding carboxylic acids is 1. The van der Waals surface area contributed by atoms with E-state index < -0.39 is 0 Å². The molecule has 1 aromatic heterocycles. The van der Waals surface area contributed by atoms with E-state index in [9.17, 15) is 4.79 Å². The number of halogens is 1. The van der Waals surface area contributed by atoms with Gasteiger partial charge in [0, 0.05) is 35.6 Å². The molecule has 1 aromatic carbocycles. The zero-order chi connectivity index (χ0) is 18.1. The van der Waals surface area contributed by atoms with Crippen LogP contribution < -0.4 is 0 Å². The SMILES string of the molecule is CC(c1c[nH]c2cccc(Cl)c12)C(C=O)CN1CCC[C@H]2CCCC[C@@H]21. The Morgan fingerprint density at radius 2 is 2.08 bits per heavy atom. The highest BCUT2D eigenvalue weighted by Gasteiger charge is 2.35. The van der Waals surface area contributed by atoms with Crippen molar-refractivity contribution < 1.29 is 4.79 Å². The van der Waals surface area contributed by atoms with Gasteiger partial charge in [-0.25, -0.2) is 0 Å². The summed E-state index contributed by atoms with van der Waals surface area (Å²) in [4.78, 5) is 18.0. The summed E-state index contributed by atoms with van der Waals surface area (Å²) in [5.74, 6) is 1.01. The summed E-state index contributed by atoms with van der Waals surface area (Å²) in [6, 6.07) is 6.63. The average molecular weight is 373 g/mol. The van der Waals surface area contributed by atoms with Crippen LogP contribution in [0, 0.1) is 11.8 Å². The zero-order valence-corrected chi connectivity index (χ0v) is 16.3. The first-order valence-corrected chi connectivity index (χ1v) is 10.5. The maximum absolute atomic E-state index is 12.0. The smallest absolute Gasteiger partial charge is 0.124 e.